The molecule has 3 N–H and O–H groups in total. The van der Waals surface area contributed by atoms with Gasteiger partial charge in [-0.3, -0.25) is 0 Å². The van der Waals surface area contributed by atoms with Crippen LogP contribution in [0.4, 0.5) is 0 Å². The second kappa shape index (κ2) is 6.12. The van der Waals surface area contributed by atoms with Crippen LogP contribution in [0.25, 0.3) is 0 Å². The largest absolute Gasteiger partial charge is 0.330 e. The Kier molecular flexibility index (Phi) is 5.44. The summed E-state index contributed by atoms with van der Waals surface area (Å²) in [6.07, 6.45) is 6.42. The summed E-state index contributed by atoms with van der Waals surface area (Å²) >= 11 is 2.03. The molecule has 1 rings (SSSR count). The second-order valence-corrected chi connectivity index (χ2v) is 6.39. The molecule has 1 atom stereocenters. The van der Waals surface area contributed by atoms with E-state index in [0.717, 1.165) is 19.6 Å². The van der Waals surface area contributed by atoms with Crippen LogP contribution in [0.3, 0.4) is 0 Å². The van der Waals surface area contributed by atoms with Gasteiger partial charge in [-0.1, -0.05) is 20.3 Å². The molecule has 1 saturated carbocycles. The Labute approximate surface area is 98.8 Å². The van der Waals surface area contributed by atoms with Crippen LogP contribution in [0, 0.1) is 11.8 Å². The zero-order valence-corrected chi connectivity index (χ0v) is 11.2. The highest BCUT2D eigenvalue weighted by atomic mass is 32.2. The molecule has 1 aliphatic rings. The summed E-state index contributed by atoms with van der Waals surface area (Å²) in [7, 11) is 0. The SMILES string of the molecule is CSC1(CNCC(CN)C(C)C)CCC1. The van der Waals surface area contributed by atoms with Crippen LogP contribution in [0.15, 0.2) is 0 Å². The molecule has 15 heavy (non-hydrogen) atoms. The van der Waals surface area contributed by atoms with E-state index in [2.05, 4.69) is 25.4 Å². The minimum atomic E-state index is 0.552. The van der Waals surface area contributed by atoms with Gasteiger partial charge in [-0.2, -0.15) is 11.8 Å². The van der Waals surface area contributed by atoms with Gasteiger partial charge in [0.05, 0.1) is 0 Å². The van der Waals surface area contributed by atoms with Crippen LogP contribution < -0.4 is 11.1 Å². The molecule has 0 amide bonds. The minimum Gasteiger partial charge on any atom is -0.330 e. The normalized spacial score (nSPS) is 21.4. The topological polar surface area (TPSA) is 38.0 Å². The fourth-order valence-electron chi connectivity index (χ4n) is 2.10. The third-order valence-electron chi connectivity index (χ3n) is 3.80. The Hall–Kier alpha value is 0.270. The zero-order chi connectivity index (χ0) is 11.3. The van der Waals surface area contributed by atoms with Crippen molar-refractivity contribution in [3.63, 3.8) is 0 Å². The van der Waals surface area contributed by atoms with E-state index < -0.39 is 0 Å². The molecule has 0 aromatic carbocycles. The van der Waals surface area contributed by atoms with Crippen molar-refractivity contribution in [2.24, 2.45) is 17.6 Å². The van der Waals surface area contributed by atoms with Crippen molar-refractivity contribution in [2.45, 2.75) is 37.9 Å². The number of hydrogen-bond donors (Lipinski definition) is 2. The van der Waals surface area contributed by atoms with Crippen LogP contribution in [0.2, 0.25) is 0 Å². The van der Waals surface area contributed by atoms with E-state index in [-0.39, 0.29) is 0 Å². The smallest absolute Gasteiger partial charge is 0.0281 e. The van der Waals surface area contributed by atoms with E-state index in [1.165, 1.54) is 19.3 Å². The Bertz CT molecular complexity index is 173. The highest BCUT2D eigenvalue weighted by Gasteiger charge is 2.35. The van der Waals surface area contributed by atoms with Crippen LogP contribution in [0.1, 0.15) is 33.1 Å². The first kappa shape index (κ1) is 13.3. The summed E-state index contributed by atoms with van der Waals surface area (Å²) in [6, 6.07) is 0. The fourth-order valence-corrected chi connectivity index (χ4v) is 3.04. The van der Waals surface area contributed by atoms with Gasteiger partial charge in [0, 0.05) is 11.3 Å². The first-order valence-electron chi connectivity index (χ1n) is 6.09. The molecular weight excluding hydrogens is 204 g/mol. The highest BCUT2D eigenvalue weighted by Crippen LogP contribution is 2.42. The monoisotopic (exact) mass is 230 g/mol. The van der Waals surface area contributed by atoms with Crippen molar-refractivity contribution in [3.8, 4) is 0 Å². The van der Waals surface area contributed by atoms with Crippen LogP contribution in [-0.2, 0) is 0 Å². The lowest BCUT2D eigenvalue weighted by Crippen LogP contribution is -2.45. The van der Waals surface area contributed by atoms with Gasteiger partial charge in [0.15, 0.2) is 0 Å². The van der Waals surface area contributed by atoms with Gasteiger partial charge in [-0.25, -0.2) is 0 Å². The van der Waals surface area contributed by atoms with E-state index in [1.807, 2.05) is 11.8 Å². The molecule has 0 radical (unpaired) electrons. The van der Waals surface area contributed by atoms with Crippen molar-refractivity contribution in [1.29, 1.82) is 0 Å². The lowest BCUT2D eigenvalue weighted by atomic mass is 9.84. The first-order valence-corrected chi connectivity index (χ1v) is 7.32. The minimum absolute atomic E-state index is 0.552. The van der Waals surface area contributed by atoms with Gasteiger partial charge in [-0.05, 0) is 44.0 Å². The molecule has 1 unspecified atom stereocenters. The average molecular weight is 230 g/mol. The number of rotatable bonds is 7. The molecule has 0 aliphatic heterocycles. The number of nitrogens with one attached hydrogen (secondary N) is 1. The summed E-state index contributed by atoms with van der Waals surface area (Å²) in [4.78, 5) is 0. The summed E-state index contributed by atoms with van der Waals surface area (Å²) in [5.74, 6) is 1.32. The third kappa shape index (κ3) is 3.65. The van der Waals surface area contributed by atoms with Crippen LogP contribution in [0.5, 0.6) is 0 Å². The predicted octanol–water partition coefficient (Wildman–Crippen LogP) is 2.09. The van der Waals surface area contributed by atoms with E-state index in [9.17, 15) is 0 Å². The number of thioether (sulfide) groups is 1. The Morgan fingerprint density at radius 1 is 1.40 bits per heavy atom. The van der Waals surface area contributed by atoms with E-state index in [0.29, 0.717) is 16.6 Å². The van der Waals surface area contributed by atoms with Crippen molar-refractivity contribution < 1.29 is 0 Å². The lowest BCUT2D eigenvalue weighted by molar-refractivity contribution is 0.315. The lowest BCUT2D eigenvalue weighted by Gasteiger charge is -2.41. The molecule has 2 nitrogen and oxygen atoms in total. The summed E-state index contributed by atoms with van der Waals surface area (Å²) in [6.45, 7) is 7.56. The van der Waals surface area contributed by atoms with E-state index >= 15 is 0 Å². The maximum absolute atomic E-state index is 5.76. The van der Waals surface area contributed by atoms with Crippen molar-refractivity contribution in [2.75, 3.05) is 25.9 Å². The number of nitrogens with two attached hydrogens (primary N) is 1. The zero-order valence-electron chi connectivity index (χ0n) is 10.4. The van der Waals surface area contributed by atoms with E-state index in [1.54, 1.807) is 0 Å². The summed E-state index contributed by atoms with van der Waals surface area (Å²) in [5.41, 5.74) is 5.76. The van der Waals surface area contributed by atoms with Gasteiger partial charge >= 0.3 is 0 Å². The molecule has 0 aromatic heterocycles. The summed E-state index contributed by atoms with van der Waals surface area (Å²) in [5, 5.41) is 3.61. The molecule has 1 aliphatic carbocycles. The Morgan fingerprint density at radius 2 is 2.07 bits per heavy atom. The molecule has 0 aromatic rings. The standard InChI is InChI=1S/C12H26N2S/c1-10(2)11(7-13)8-14-9-12(15-3)5-4-6-12/h10-11,14H,4-9,13H2,1-3H3. The van der Waals surface area contributed by atoms with Crippen molar-refractivity contribution in [3.05, 3.63) is 0 Å². The van der Waals surface area contributed by atoms with Crippen LogP contribution in [-0.4, -0.2) is 30.6 Å². The first-order chi connectivity index (χ1) is 7.13. The highest BCUT2D eigenvalue weighted by molar-refractivity contribution is 8.00. The third-order valence-corrected chi connectivity index (χ3v) is 5.22. The average Bonchev–Trinajstić information content (AvgIpc) is 2.15. The number of hydrogen-bond acceptors (Lipinski definition) is 3. The Balaban J connectivity index is 2.19. The predicted molar refractivity (Wildman–Crippen MR) is 70.3 cm³/mol. The molecule has 3 heteroatoms. The van der Waals surface area contributed by atoms with Gasteiger partial charge in [0.2, 0.25) is 0 Å². The fraction of sp³-hybridized carbons (Fsp3) is 1.00. The molecule has 0 spiro atoms. The molecular formula is C12H26N2S. The van der Waals surface area contributed by atoms with Crippen molar-refractivity contribution in [1.82, 2.24) is 5.32 Å². The van der Waals surface area contributed by atoms with Crippen LogP contribution >= 0.6 is 11.8 Å². The maximum Gasteiger partial charge on any atom is 0.0281 e. The Morgan fingerprint density at radius 3 is 2.40 bits per heavy atom. The van der Waals surface area contributed by atoms with E-state index in [4.69, 9.17) is 5.73 Å². The summed E-state index contributed by atoms with van der Waals surface area (Å²) < 4.78 is 0.552. The maximum atomic E-state index is 5.76. The molecule has 90 valence electrons. The quantitative estimate of drug-likeness (QED) is 0.703. The van der Waals surface area contributed by atoms with Crippen molar-refractivity contribution >= 4 is 11.8 Å². The molecule has 0 bridgehead atoms. The van der Waals surface area contributed by atoms with Gasteiger partial charge in [-0.15, -0.1) is 0 Å². The van der Waals surface area contributed by atoms with Gasteiger partial charge < -0.3 is 11.1 Å². The molecule has 0 saturated heterocycles. The molecule has 1 fully saturated rings. The van der Waals surface area contributed by atoms with Gasteiger partial charge in [0.25, 0.3) is 0 Å². The van der Waals surface area contributed by atoms with Gasteiger partial charge in [0.1, 0.15) is 0 Å². The molecule has 0 heterocycles. The second-order valence-electron chi connectivity index (χ2n) is 5.11.